The number of hydrogen-bond acceptors (Lipinski definition) is 6. The van der Waals surface area contributed by atoms with Crippen LogP contribution in [0.25, 0.3) is 0 Å². The number of nitrogens with zero attached hydrogens (tertiary/aromatic N) is 1. The lowest BCUT2D eigenvalue weighted by Crippen LogP contribution is -2.43. The lowest BCUT2D eigenvalue weighted by molar-refractivity contribution is -0.120. The predicted molar refractivity (Wildman–Crippen MR) is 121 cm³/mol. The number of hydrogen-bond donors (Lipinski definition) is 2. The van der Waals surface area contributed by atoms with Gasteiger partial charge >= 0.3 is 0 Å². The van der Waals surface area contributed by atoms with E-state index in [4.69, 9.17) is 4.74 Å². The van der Waals surface area contributed by atoms with Crippen molar-refractivity contribution in [1.82, 2.24) is 5.43 Å². The van der Waals surface area contributed by atoms with Gasteiger partial charge in [-0.05, 0) is 36.8 Å². The Morgan fingerprint density at radius 2 is 1.61 bits per heavy atom. The molecule has 31 heavy (non-hydrogen) atoms. The topological polar surface area (TPSA) is 96.9 Å². The molecule has 0 aliphatic heterocycles. The molecular weight excluding hydrogens is 414 g/mol. The van der Waals surface area contributed by atoms with Crippen LogP contribution in [0.1, 0.15) is 11.1 Å². The fourth-order valence-corrected chi connectivity index (χ4v) is 4.24. The zero-order valence-corrected chi connectivity index (χ0v) is 18.0. The SMILES string of the molecule is COc1ccccc1NC(C(=O)NN=Cc1ccc(C)cc1)S(=O)(=O)c1ccccc1. The van der Waals surface area contributed by atoms with Crippen LogP contribution in [0.15, 0.2) is 88.9 Å². The Kier molecular flexibility index (Phi) is 7.04. The van der Waals surface area contributed by atoms with Crippen LogP contribution in [0, 0.1) is 6.92 Å². The third-order valence-electron chi connectivity index (χ3n) is 4.48. The zero-order valence-electron chi connectivity index (χ0n) is 17.1. The summed E-state index contributed by atoms with van der Waals surface area (Å²) < 4.78 is 31.7. The number of hydrazone groups is 1. The molecule has 0 aliphatic rings. The van der Waals surface area contributed by atoms with Gasteiger partial charge in [0.15, 0.2) is 0 Å². The molecule has 3 aromatic carbocycles. The largest absolute Gasteiger partial charge is 0.495 e. The average molecular weight is 438 g/mol. The minimum Gasteiger partial charge on any atom is -0.495 e. The van der Waals surface area contributed by atoms with Crippen LogP contribution in [0.3, 0.4) is 0 Å². The number of nitrogens with one attached hydrogen (secondary N) is 2. The molecule has 2 N–H and O–H groups in total. The number of aryl methyl sites for hydroxylation is 1. The van der Waals surface area contributed by atoms with Crippen molar-refractivity contribution in [1.29, 1.82) is 0 Å². The number of carbonyl (C=O) groups excluding carboxylic acids is 1. The lowest BCUT2D eigenvalue weighted by Gasteiger charge is -2.20. The summed E-state index contributed by atoms with van der Waals surface area (Å²) >= 11 is 0. The predicted octanol–water partition coefficient (Wildman–Crippen LogP) is 3.37. The number of ether oxygens (including phenoxy) is 1. The van der Waals surface area contributed by atoms with Crippen LogP contribution in [-0.4, -0.2) is 33.0 Å². The quantitative estimate of drug-likeness (QED) is 0.416. The van der Waals surface area contributed by atoms with Crippen molar-refractivity contribution in [3.63, 3.8) is 0 Å². The maximum Gasteiger partial charge on any atom is 0.278 e. The van der Waals surface area contributed by atoms with E-state index in [1.54, 1.807) is 42.5 Å². The Balaban J connectivity index is 1.89. The van der Waals surface area contributed by atoms with Crippen LogP contribution >= 0.6 is 0 Å². The second kappa shape index (κ2) is 9.90. The van der Waals surface area contributed by atoms with Crippen molar-refractivity contribution < 1.29 is 17.9 Å². The molecular formula is C23H23N3O4S. The molecule has 1 atom stereocenters. The van der Waals surface area contributed by atoms with E-state index >= 15 is 0 Å². The highest BCUT2D eigenvalue weighted by atomic mass is 32.2. The average Bonchev–Trinajstić information content (AvgIpc) is 2.79. The first-order valence-corrected chi connectivity index (χ1v) is 11.0. The number of carbonyl (C=O) groups is 1. The maximum absolute atomic E-state index is 13.2. The van der Waals surface area contributed by atoms with Crippen LogP contribution < -0.4 is 15.5 Å². The molecule has 0 saturated heterocycles. The van der Waals surface area contributed by atoms with E-state index in [1.165, 1.54) is 25.5 Å². The summed E-state index contributed by atoms with van der Waals surface area (Å²) in [4.78, 5) is 12.9. The Bertz CT molecular complexity index is 1160. The van der Waals surface area contributed by atoms with Crippen LogP contribution in [0.2, 0.25) is 0 Å². The monoisotopic (exact) mass is 437 g/mol. The van der Waals surface area contributed by atoms with Gasteiger partial charge in [-0.25, -0.2) is 13.8 Å². The van der Waals surface area contributed by atoms with E-state index in [2.05, 4.69) is 15.8 Å². The van der Waals surface area contributed by atoms with Crippen molar-refractivity contribution in [2.75, 3.05) is 12.4 Å². The summed E-state index contributed by atoms with van der Waals surface area (Å²) in [6.07, 6.45) is 1.45. The maximum atomic E-state index is 13.2. The molecule has 0 aromatic heterocycles. The summed E-state index contributed by atoms with van der Waals surface area (Å²) in [6, 6.07) is 22.0. The van der Waals surface area contributed by atoms with E-state index in [1.807, 2.05) is 31.2 Å². The standard InChI is InChI=1S/C23H23N3O4S/c1-17-12-14-18(15-13-17)16-24-26-22(27)23(25-20-10-6-7-11-21(20)30-2)31(28,29)19-8-4-3-5-9-19/h3-16,23,25H,1-2H3,(H,26,27). The Morgan fingerprint density at radius 3 is 2.29 bits per heavy atom. The van der Waals surface area contributed by atoms with Crippen molar-refractivity contribution >= 4 is 27.6 Å². The summed E-state index contributed by atoms with van der Waals surface area (Å²) in [6.45, 7) is 1.96. The van der Waals surface area contributed by atoms with Gasteiger partial charge in [-0.3, -0.25) is 4.79 Å². The Hall–Kier alpha value is -3.65. The first-order chi connectivity index (χ1) is 14.9. The molecule has 0 heterocycles. The fourth-order valence-electron chi connectivity index (χ4n) is 2.82. The van der Waals surface area contributed by atoms with Crippen LogP contribution in [0.5, 0.6) is 5.75 Å². The highest BCUT2D eigenvalue weighted by molar-refractivity contribution is 7.93. The van der Waals surface area contributed by atoms with Gasteiger partial charge in [0.25, 0.3) is 5.91 Å². The number of anilines is 1. The third-order valence-corrected chi connectivity index (χ3v) is 6.36. The van der Waals surface area contributed by atoms with E-state index in [9.17, 15) is 13.2 Å². The summed E-state index contributed by atoms with van der Waals surface area (Å²) in [5.41, 5.74) is 4.56. The molecule has 3 aromatic rings. The number of rotatable bonds is 8. The molecule has 0 radical (unpaired) electrons. The fraction of sp³-hybridized carbons (Fsp3) is 0.130. The van der Waals surface area contributed by atoms with E-state index in [0.717, 1.165) is 11.1 Å². The highest BCUT2D eigenvalue weighted by Gasteiger charge is 2.34. The second-order valence-electron chi connectivity index (χ2n) is 6.73. The van der Waals surface area contributed by atoms with Gasteiger partial charge in [0.2, 0.25) is 15.2 Å². The summed E-state index contributed by atoms with van der Waals surface area (Å²) in [7, 11) is -2.61. The number of para-hydroxylation sites is 2. The van der Waals surface area contributed by atoms with E-state index in [-0.39, 0.29) is 4.90 Å². The number of benzene rings is 3. The minimum atomic E-state index is -4.08. The molecule has 0 aliphatic carbocycles. The summed E-state index contributed by atoms with van der Waals surface area (Å²) in [5.74, 6) is -0.412. The molecule has 1 unspecified atom stereocenters. The molecule has 0 spiro atoms. The minimum absolute atomic E-state index is 0.0139. The van der Waals surface area contributed by atoms with Crippen molar-refractivity contribution in [3.8, 4) is 5.75 Å². The zero-order chi connectivity index (χ0) is 22.3. The van der Waals surface area contributed by atoms with Crippen molar-refractivity contribution in [3.05, 3.63) is 90.0 Å². The van der Waals surface area contributed by atoms with Gasteiger partial charge < -0.3 is 10.1 Å². The Labute approximate surface area is 181 Å². The molecule has 0 bridgehead atoms. The molecule has 0 fully saturated rings. The molecule has 7 nitrogen and oxygen atoms in total. The second-order valence-corrected chi connectivity index (χ2v) is 8.76. The highest BCUT2D eigenvalue weighted by Crippen LogP contribution is 2.26. The first kappa shape index (κ1) is 22.0. The molecule has 8 heteroatoms. The summed E-state index contributed by atoms with van der Waals surface area (Å²) in [5, 5.41) is 5.09. The third kappa shape index (κ3) is 5.49. The molecule has 160 valence electrons. The molecule has 1 amide bonds. The van der Waals surface area contributed by atoms with Crippen molar-refractivity contribution in [2.24, 2.45) is 5.10 Å². The first-order valence-electron chi connectivity index (χ1n) is 9.50. The van der Waals surface area contributed by atoms with Gasteiger partial charge in [-0.15, -0.1) is 0 Å². The van der Waals surface area contributed by atoms with Gasteiger partial charge in [0.05, 0.1) is 23.9 Å². The van der Waals surface area contributed by atoms with Gasteiger partial charge in [0.1, 0.15) is 5.75 Å². The van der Waals surface area contributed by atoms with E-state index < -0.39 is 21.1 Å². The van der Waals surface area contributed by atoms with Gasteiger partial charge in [-0.2, -0.15) is 5.10 Å². The molecule has 3 rings (SSSR count). The molecule has 0 saturated carbocycles. The lowest BCUT2D eigenvalue weighted by atomic mass is 10.2. The van der Waals surface area contributed by atoms with Gasteiger partial charge in [0, 0.05) is 0 Å². The van der Waals surface area contributed by atoms with Crippen LogP contribution in [-0.2, 0) is 14.6 Å². The van der Waals surface area contributed by atoms with Gasteiger partial charge in [-0.1, -0.05) is 60.2 Å². The van der Waals surface area contributed by atoms with Crippen LogP contribution in [0.4, 0.5) is 5.69 Å². The normalized spacial score (nSPS) is 12.3. The van der Waals surface area contributed by atoms with E-state index in [0.29, 0.717) is 11.4 Å². The Morgan fingerprint density at radius 1 is 0.968 bits per heavy atom. The number of amides is 1. The number of methoxy groups -OCH3 is 1. The number of sulfone groups is 1. The van der Waals surface area contributed by atoms with Crippen molar-refractivity contribution in [2.45, 2.75) is 17.2 Å². The smallest absolute Gasteiger partial charge is 0.278 e.